The van der Waals surface area contributed by atoms with E-state index in [-0.39, 0.29) is 5.60 Å². The Morgan fingerprint density at radius 2 is 1.89 bits per heavy atom. The van der Waals surface area contributed by atoms with E-state index in [1.165, 1.54) is 25.7 Å². The lowest BCUT2D eigenvalue weighted by molar-refractivity contribution is -0.0602. The number of rotatable bonds is 4. The summed E-state index contributed by atoms with van der Waals surface area (Å²) in [6.45, 7) is 1.23. The molecule has 0 aliphatic heterocycles. The van der Waals surface area contributed by atoms with Crippen LogP contribution in [0.1, 0.15) is 44.1 Å². The Morgan fingerprint density at radius 3 is 2.50 bits per heavy atom. The van der Waals surface area contributed by atoms with E-state index in [2.05, 4.69) is 0 Å². The maximum Gasteiger partial charge on any atom is 0.0808 e. The number of hydrogen-bond acceptors (Lipinski definition) is 2. The van der Waals surface area contributed by atoms with Crippen molar-refractivity contribution in [1.29, 1.82) is 0 Å². The summed E-state index contributed by atoms with van der Waals surface area (Å²) in [6, 6.07) is 7.86. The first kappa shape index (κ1) is 13.9. The summed E-state index contributed by atoms with van der Waals surface area (Å²) in [6.07, 6.45) is 7.25. The minimum absolute atomic E-state index is 0.112. The van der Waals surface area contributed by atoms with Crippen LogP contribution in [0.3, 0.4) is 0 Å². The molecule has 1 aliphatic rings. The van der Waals surface area contributed by atoms with E-state index in [9.17, 15) is 0 Å². The van der Waals surface area contributed by atoms with Crippen LogP contribution in [0, 0.1) is 0 Å². The molecular formula is C15H22ClNO. The lowest BCUT2D eigenvalue weighted by Crippen LogP contribution is -2.40. The van der Waals surface area contributed by atoms with E-state index in [1.807, 2.05) is 24.3 Å². The monoisotopic (exact) mass is 267 g/mol. The van der Waals surface area contributed by atoms with Gasteiger partial charge in [0.05, 0.1) is 12.2 Å². The van der Waals surface area contributed by atoms with Crippen molar-refractivity contribution in [2.24, 2.45) is 5.73 Å². The van der Waals surface area contributed by atoms with Gasteiger partial charge in [0.1, 0.15) is 0 Å². The van der Waals surface area contributed by atoms with Gasteiger partial charge in [-0.1, -0.05) is 49.4 Å². The summed E-state index contributed by atoms with van der Waals surface area (Å²) < 4.78 is 6.16. The van der Waals surface area contributed by atoms with Gasteiger partial charge in [-0.25, -0.2) is 0 Å². The molecule has 0 saturated heterocycles. The van der Waals surface area contributed by atoms with Crippen LogP contribution in [-0.4, -0.2) is 12.1 Å². The van der Waals surface area contributed by atoms with Gasteiger partial charge in [-0.2, -0.15) is 0 Å². The lowest BCUT2D eigenvalue weighted by Gasteiger charge is -2.31. The predicted octanol–water partition coefficient (Wildman–Crippen LogP) is 3.91. The van der Waals surface area contributed by atoms with Gasteiger partial charge in [-0.3, -0.25) is 0 Å². The molecule has 0 radical (unpaired) electrons. The van der Waals surface area contributed by atoms with Crippen LogP contribution in [-0.2, 0) is 11.3 Å². The second-order valence-corrected chi connectivity index (χ2v) is 5.66. The molecule has 2 N–H and O–H groups in total. The molecule has 0 amide bonds. The third kappa shape index (κ3) is 3.71. The number of nitrogens with two attached hydrogens (primary N) is 1. The van der Waals surface area contributed by atoms with Crippen LogP contribution in [0.15, 0.2) is 24.3 Å². The predicted molar refractivity (Wildman–Crippen MR) is 75.7 cm³/mol. The van der Waals surface area contributed by atoms with Crippen molar-refractivity contribution in [2.75, 3.05) is 6.54 Å². The van der Waals surface area contributed by atoms with Gasteiger partial charge in [0.15, 0.2) is 0 Å². The van der Waals surface area contributed by atoms with Crippen LogP contribution >= 0.6 is 11.6 Å². The Bertz CT molecular complexity index is 373. The minimum atomic E-state index is -0.112. The van der Waals surface area contributed by atoms with E-state index in [0.29, 0.717) is 13.2 Å². The number of hydrogen-bond donors (Lipinski definition) is 1. The highest BCUT2D eigenvalue weighted by molar-refractivity contribution is 6.30. The van der Waals surface area contributed by atoms with Crippen molar-refractivity contribution in [2.45, 2.75) is 50.7 Å². The molecule has 0 aromatic heterocycles. The molecule has 0 bridgehead atoms. The molecule has 100 valence electrons. The molecule has 1 aliphatic carbocycles. The van der Waals surface area contributed by atoms with Gasteiger partial charge in [0.25, 0.3) is 0 Å². The average Bonchev–Trinajstić information content (AvgIpc) is 2.63. The first-order valence-corrected chi connectivity index (χ1v) is 7.20. The molecule has 1 fully saturated rings. The molecule has 1 saturated carbocycles. The van der Waals surface area contributed by atoms with Crippen LogP contribution in [0.2, 0.25) is 5.02 Å². The van der Waals surface area contributed by atoms with E-state index >= 15 is 0 Å². The SMILES string of the molecule is NCC1(OCc2cccc(Cl)c2)CCCCCC1. The largest absolute Gasteiger partial charge is 0.369 e. The Hall–Kier alpha value is -0.570. The standard InChI is InChI=1S/C15H22ClNO/c16-14-7-5-6-13(10-14)11-18-15(12-17)8-3-1-2-4-9-15/h5-7,10H,1-4,8-9,11-12,17H2. The normalized spacial score (nSPS) is 19.4. The van der Waals surface area contributed by atoms with Gasteiger partial charge in [0.2, 0.25) is 0 Å². The van der Waals surface area contributed by atoms with Crippen molar-refractivity contribution in [3.05, 3.63) is 34.9 Å². The Balaban J connectivity index is 1.97. The fourth-order valence-electron chi connectivity index (χ4n) is 2.64. The summed E-state index contributed by atoms with van der Waals surface area (Å²) in [7, 11) is 0. The fourth-order valence-corrected chi connectivity index (χ4v) is 2.86. The van der Waals surface area contributed by atoms with Gasteiger partial charge >= 0.3 is 0 Å². The number of benzene rings is 1. The highest BCUT2D eigenvalue weighted by Crippen LogP contribution is 2.30. The second-order valence-electron chi connectivity index (χ2n) is 5.22. The molecule has 2 rings (SSSR count). The summed E-state index contributed by atoms with van der Waals surface area (Å²) >= 11 is 5.98. The average molecular weight is 268 g/mol. The van der Waals surface area contributed by atoms with E-state index in [1.54, 1.807) is 0 Å². The van der Waals surface area contributed by atoms with Gasteiger partial charge in [-0.15, -0.1) is 0 Å². The first-order valence-electron chi connectivity index (χ1n) is 6.83. The first-order chi connectivity index (χ1) is 8.74. The zero-order valence-electron chi connectivity index (χ0n) is 10.8. The Morgan fingerprint density at radius 1 is 1.17 bits per heavy atom. The molecule has 0 unspecified atom stereocenters. The van der Waals surface area contributed by atoms with E-state index < -0.39 is 0 Å². The fraction of sp³-hybridized carbons (Fsp3) is 0.600. The molecule has 2 nitrogen and oxygen atoms in total. The molecule has 0 atom stereocenters. The number of halogens is 1. The molecule has 1 aromatic rings. The van der Waals surface area contributed by atoms with Crippen molar-refractivity contribution in [3.8, 4) is 0 Å². The van der Waals surface area contributed by atoms with E-state index in [4.69, 9.17) is 22.1 Å². The highest BCUT2D eigenvalue weighted by Gasteiger charge is 2.30. The molecule has 1 aromatic carbocycles. The highest BCUT2D eigenvalue weighted by atomic mass is 35.5. The third-order valence-corrected chi connectivity index (χ3v) is 4.06. The van der Waals surface area contributed by atoms with Crippen LogP contribution in [0.4, 0.5) is 0 Å². The minimum Gasteiger partial charge on any atom is -0.369 e. The topological polar surface area (TPSA) is 35.2 Å². The van der Waals surface area contributed by atoms with Crippen LogP contribution < -0.4 is 5.73 Å². The quantitative estimate of drug-likeness (QED) is 0.840. The zero-order valence-corrected chi connectivity index (χ0v) is 11.6. The summed E-state index contributed by atoms with van der Waals surface area (Å²) in [4.78, 5) is 0. The lowest BCUT2D eigenvalue weighted by atomic mass is 9.94. The van der Waals surface area contributed by atoms with Crippen LogP contribution in [0.5, 0.6) is 0 Å². The summed E-state index contributed by atoms with van der Waals surface area (Å²) in [5, 5.41) is 0.763. The summed E-state index contributed by atoms with van der Waals surface area (Å²) in [5.74, 6) is 0. The van der Waals surface area contributed by atoms with Crippen molar-refractivity contribution in [1.82, 2.24) is 0 Å². The van der Waals surface area contributed by atoms with Gasteiger partial charge in [-0.05, 0) is 30.5 Å². The Kier molecular flexibility index (Phi) is 5.04. The van der Waals surface area contributed by atoms with Gasteiger partial charge in [0, 0.05) is 11.6 Å². The zero-order chi connectivity index (χ0) is 12.8. The van der Waals surface area contributed by atoms with Crippen molar-refractivity contribution >= 4 is 11.6 Å². The van der Waals surface area contributed by atoms with Crippen molar-refractivity contribution in [3.63, 3.8) is 0 Å². The second kappa shape index (κ2) is 6.55. The van der Waals surface area contributed by atoms with E-state index in [0.717, 1.165) is 23.4 Å². The van der Waals surface area contributed by atoms with Gasteiger partial charge < -0.3 is 10.5 Å². The molecular weight excluding hydrogens is 246 g/mol. The maximum absolute atomic E-state index is 6.16. The summed E-state index contributed by atoms with van der Waals surface area (Å²) in [5.41, 5.74) is 6.96. The molecule has 3 heteroatoms. The van der Waals surface area contributed by atoms with Crippen LogP contribution in [0.25, 0.3) is 0 Å². The Labute approximate surface area is 114 Å². The molecule has 0 heterocycles. The third-order valence-electron chi connectivity index (χ3n) is 3.82. The smallest absolute Gasteiger partial charge is 0.0808 e. The van der Waals surface area contributed by atoms with Crippen molar-refractivity contribution < 1.29 is 4.74 Å². The molecule has 0 spiro atoms. The molecule has 18 heavy (non-hydrogen) atoms. The number of ether oxygens (including phenoxy) is 1. The maximum atomic E-state index is 6.16.